The second kappa shape index (κ2) is 4.34. The highest BCUT2D eigenvalue weighted by Gasteiger charge is 2.17. The number of piperazine rings is 1. The van der Waals surface area contributed by atoms with Crippen molar-refractivity contribution in [3.8, 4) is 0 Å². The fourth-order valence-corrected chi connectivity index (χ4v) is 2.49. The van der Waals surface area contributed by atoms with Gasteiger partial charge >= 0.3 is 0 Å². The van der Waals surface area contributed by atoms with Gasteiger partial charge in [0.25, 0.3) is 0 Å². The Labute approximate surface area is 101 Å². The summed E-state index contributed by atoms with van der Waals surface area (Å²) in [6, 6.07) is 11.1. The molecule has 0 radical (unpaired) electrons. The first-order valence-corrected chi connectivity index (χ1v) is 6.17. The summed E-state index contributed by atoms with van der Waals surface area (Å²) >= 11 is 0. The molecule has 0 saturated carbocycles. The number of anilines is 1. The van der Waals surface area contributed by atoms with Gasteiger partial charge in [0.15, 0.2) is 0 Å². The molecule has 1 atom stereocenters. The summed E-state index contributed by atoms with van der Waals surface area (Å²) < 4.78 is 0. The minimum absolute atomic E-state index is 0.544. The van der Waals surface area contributed by atoms with Gasteiger partial charge in [0, 0.05) is 37.3 Å². The van der Waals surface area contributed by atoms with Crippen LogP contribution in [0.5, 0.6) is 0 Å². The molecule has 1 saturated heterocycles. The summed E-state index contributed by atoms with van der Waals surface area (Å²) in [5, 5.41) is 4.69. The van der Waals surface area contributed by atoms with Crippen LogP contribution in [0.4, 0.5) is 5.69 Å². The van der Waals surface area contributed by atoms with E-state index in [0.29, 0.717) is 6.04 Å². The molecule has 88 valence electrons. The first-order valence-electron chi connectivity index (χ1n) is 6.17. The molecule has 2 heterocycles. The lowest BCUT2D eigenvalue weighted by Gasteiger charge is -2.34. The number of benzene rings is 1. The first kappa shape index (κ1) is 10.5. The fraction of sp³-hybridized carbons (Fsp3) is 0.357. The van der Waals surface area contributed by atoms with E-state index in [4.69, 9.17) is 0 Å². The van der Waals surface area contributed by atoms with E-state index in [1.165, 1.54) is 11.1 Å². The van der Waals surface area contributed by atoms with Gasteiger partial charge in [-0.3, -0.25) is 4.98 Å². The third-order valence-corrected chi connectivity index (χ3v) is 3.32. The second-order valence-corrected chi connectivity index (χ2v) is 4.65. The number of nitrogens with one attached hydrogen (secondary N) is 1. The highest BCUT2D eigenvalue weighted by Crippen LogP contribution is 2.25. The molecule has 1 aromatic carbocycles. The molecule has 0 aliphatic carbocycles. The molecule has 3 rings (SSSR count). The SMILES string of the molecule is CC1CN(c2cccc3cccnc23)CCN1. The van der Waals surface area contributed by atoms with Crippen molar-refractivity contribution in [2.75, 3.05) is 24.5 Å². The Morgan fingerprint density at radius 1 is 1.29 bits per heavy atom. The summed E-state index contributed by atoms with van der Waals surface area (Å²) in [7, 11) is 0. The average Bonchev–Trinajstić information content (AvgIpc) is 2.38. The normalized spacial score (nSPS) is 20.8. The fourth-order valence-electron chi connectivity index (χ4n) is 2.49. The number of rotatable bonds is 1. The van der Waals surface area contributed by atoms with Gasteiger partial charge in [-0.25, -0.2) is 0 Å². The van der Waals surface area contributed by atoms with Gasteiger partial charge < -0.3 is 10.2 Å². The molecule has 3 heteroatoms. The van der Waals surface area contributed by atoms with Crippen molar-refractivity contribution in [1.29, 1.82) is 0 Å². The van der Waals surface area contributed by atoms with Crippen LogP contribution >= 0.6 is 0 Å². The number of hydrogen-bond acceptors (Lipinski definition) is 3. The van der Waals surface area contributed by atoms with E-state index >= 15 is 0 Å². The standard InChI is InChI=1S/C14H17N3/c1-11-10-17(9-8-15-11)13-6-2-4-12-5-3-7-16-14(12)13/h2-7,11,15H,8-10H2,1H3. The lowest BCUT2D eigenvalue weighted by molar-refractivity contribution is 0.485. The summed E-state index contributed by atoms with van der Waals surface area (Å²) in [6.45, 7) is 5.38. The quantitative estimate of drug-likeness (QED) is 0.808. The predicted octanol–water partition coefficient (Wildman–Crippen LogP) is 2.03. The Bertz CT molecular complexity index is 518. The van der Waals surface area contributed by atoms with Crippen LogP contribution in [0.25, 0.3) is 10.9 Å². The maximum atomic E-state index is 4.52. The molecule has 1 unspecified atom stereocenters. The first-order chi connectivity index (χ1) is 8.34. The zero-order valence-electron chi connectivity index (χ0n) is 10.1. The number of fused-ring (bicyclic) bond motifs is 1. The van der Waals surface area contributed by atoms with Crippen molar-refractivity contribution in [3.63, 3.8) is 0 Å². The molecule has 1 aliphatic heterocycles. The van der Waals surface area contributed by atoms with Gasteiger partial charge in [-0.1, -0.05) is 18.2 Å². The predicted molar refractivity (Wildman–Crippen MR) is 71.4 cm³/mol. The maximum absolute atomic E-state index is 4.52. The van der Waals surface area contributed by atoms with Crippen LogP contribution in [0.3, 0.4) is 0 Å². The van der Waals surface area contributed by atoms with Crippen LogP contribution in [0.15, 0.2) is 36.5 Å². The van der Waals surface area contributed by atoms with E-state index in [0.717, 1.165) is 25.2 Å². The zero-order valence-corrected chi connectivity index (χ0v) is 10.1. The highest BCUT2D eigenvalue weighted by atomic mass is 15.2. The van der Waals surface area contributed by atoms with Crippen LogP contribution in [-0.2, 0) is 0 Å². The number of hydrogen-bond donors (Lipinski definition) is 1. The Kier molecular flexibility index (Phi) is 2.69. The molecule has 3 nitrogen and oxygen atoms in total. The molecule has 17 heavy (non-hydrogen) atoms. The molecular weight excluding hydrogens is 210 g/mol. The Morgan fingerprint density at radius 3 is 3.06 bits per heavy atom. The molecule has 2 aromatic rings. The van der Waals surface area contributed by atoms with E-state index < -0.39 is 0 Å². The molecule has 1 fully saturated rings. The van der Waals surface area contributed by atoms with Crippen molar-refractivity contribution < 1.29 is 0 Å². The minimum atomic E-state index is 0.544. The van der Waals surface area contributed by atoms with Crippen LogP contribution in [-0.4, -0.2) is 30.7 Å². The molecule has 1 aromatic heterocycles. The van der Waals surface area contributed by atoms with Gasteiger partial charge in [0.1, 0.15) is 0 Å². The van der Waals surface area contributed by atoms with Gasteiger partial charge in [0.2, 0.25) is 0 Å². The van der Waals surface area contributed by atoms with Crippen LogP contribution < -0.4 is 10.2 Å². The number of para-hydroxylation sites is 1. The number of nitrogens with zero attached hydrogens (tertiary/aromatic N) is 2. The van der Waals surface area contributed by atoms with E-state index in [9.17, 15) is 0 Å². The lowest BCUT2D eigenvalue weighted by atomic mass is 10.1. The smallest absolute Gasteiger partial charge is 0.0935 e. The monoisotopic (exact) mass is 227 g/mol. The van der Waals surface area contributed by atoms with Crippen molar-refractivity contribution in [2.24, 2.45) is 0 Å². The zero-order chi connectivity index (χ0) is 11.7. The van der Waals surface area contributed by atoms with Crippen LogP contribution in [0, 0.1) is 0 Å². The van der Waals surface area contributed by atoms with E-state index in [1.807, 2.05) is 12.3 Å². The van der Waals surface area contributed by atoms with Crippen molar-refractivity contribution >= 4 is 16.6 Å². The third-order valence-electron chi connectivity index (χ3n) is 3.32. The topological polar surface area (TPSA) is 28.2 Å². The lowest BCUT2D eigenvalue weighted by Crippen LogP contribution is -2.49. The van der Waals surface area contributed by atoms with Gasteiger partial charge in [-0.2, -0.15) is 0 Å². The Balaban J connectivity index is 2.04. The van der Waals surface area contributed by atoms with E-state index in [-0.39, 0.29) is 0 Å². The number of aromatic nitrogens is 1. The van der Waals surface area contributed by atoms with E-state index in [2.05, 4.69) is 46.4 Å². The van der Waals surface area contributed by atoms with E-state index in [1.54, 1.807) is 0 Å². The molecular formula is C14H17N3. The Morgan fingerprint density at radius 2 is 2.18 bits per heavy atom. The summed E-state index contributed by atoms with van der Waals surface area (Å²) in [4.78, 5) is 6.95. The van der Waals surface area contributed by atoms with Gasteiger partial charge in [-0.15, -0.1) is 0 Å². The molecule has 1 N–H and O–H groups in total. The highest BCUT2D eigenvalue weighted by molar-refractivity contribution is 5.90. The summed E-state index contributed by atoms with van der Waals surface area (Å²) in [6.07, 6.45) is 1.87. The van der Waals surface area contributed by atoms with Crippen molar-refractivity contribution in [2.45, 2.75) is 13.0 Å². The van der Waals surface area contributed by atoms with Gasteiger partial charge in [-0.05, 0) is 19.1 Å². The molecule has 0 spiro atoms. The summed E-state index contributed by atoms with van der Waals surface area (Å²) in [5.74, 6) is 0. The van der Waals surface area contributed by atoms with Crippen molar-refractivity contribution in [1.82, 2.24) is 10.3 Å². The van der Waals surface area contributed by atoms with Crippen molar-refractivity contribution in [3.05, 3.63) is 36.5 Å². The largest absolute Gasteiger partial charge is 0.367 e. The molecule has 0 bridgehead atoms. The maximum Gasteiger partial charge on any atom is 0.0935 e. The average molecular weight is 227 g/mol. The second-order valence-electron chi connectivity index (χ2n) is 4.65. The van der Waals surface area contributed by atoms with Crippen LogP contribution in [0.2, 0.25) is 0 Å². The summed E-state index contributed by atoms with van der Waals surface area (Å²) in [5.41, 5.74) is 2.38. The van der Waals surface area contributed by atoms with Gasteiger partial charge in [0.05, 0.1) is 11.2 Å². The molecule has 1 aliphatic rings. The molecule has 0 amide bonds. The number of pyridine rings is 1. The Hall–Kier alpha value is -1.61. The minimum Gasteiger partial charge on any atom is -0.367 e. The van der Waals surface area contributed by atoms with Crippen LogP contribution in [0.1, 0.15) is 6.92 Å². The third kappa shape index (κ3) is 1.98.